The lowest BCUT2D eigenvalue weighted by atomic mass is 9.99. The molecule has 0 radical (unpaired) electrons. The van der Waals surface area contributed by atoms with Gasteiger partial charge in [-0.05, 0) is 30.5 Å². The lowest BCUT2D eigenvalue weighted by Crippen LogP contribution is -2.05. The molecule has 3 heteroatoms. The highest BCUT2D eigenvalue weighted by Crippen LogP contribution is 2.28. The minimum atomic E-state index is -0.526. The van der Waals surface area contributed by atoms with Crippen LogP contribution in [0, 0.1) is 6.92 Å². The van der Waals surface area contributed by atoms with Crippen LogP contribution in [0.15, 0.2) is 18.2 Å². The topological polar surface area (TPSA) is 17.1 Å². The summed E-state index contributed by atoms with van der Waals surface area (Å²) in [7, 11) is 0. The molecule has 1 unspecified atom stereocenters. The second kappa shape index (κ2) is 4.94. The molecule has 0 aliphatic carbocycles. The molecule has 0 aromatic heterocycles. The van der Waals surface area contributed by atoms with Gasteiger partial charge in [0.1, 0.15) is 5.38 Å². The molecule has 0 saturated carbocycles. The van der Waals surface area contributed by atoms with Crippen molar-refractivity contribution >= 4 is 33.3 Å². The molecule has 76 valence electrons. The van der Waals surface area contributed by atoms with Crippen molar-refractivity contribution in [3.05, 3.63) is 34.9 Å². The van der Waals surface area contributed by atoms with Crippen LogP contribution >= 0.6 is 27.5 Å². The Balaban J connectivity index is 3.20. The Morgan fingerprint density at radius 1 is 1.57 bits per heavy atom. The second-order valence-electron chi connectivity index (χ2n) is 3.25. The van der Waals surface area contributed by atoms with Crippen molar-refractivity contribution in [3.63, 3.8) is 0 Å². The third-order valence-corrected chi connectivity index (χ3v) is 3.31. The van der Waals surface area contributed by atoms with Gasteiger partial charge in [0.05, 0.1) is 0 Å². The van der Waals surface area contributed by atoms with E-state index in [4.69, 9.17) is 11.6 Å². The quantitative estimate of drug-likeness (QED) is 0.768. The van der Waals surface area contributed by atoms with Gasteiger partial charge in [0, 0.05) is 5.33 Å². The van der Waals surface area contributed by atoms with Crippen LogP contribution in [0.2, 0.25) is 0 Å². The maximum atomic E-state index is 11.2. The van der Waals surface area contributed by atoms with Crippen molar-refractivity contribution in [1.29, 1.82) is 0 Å². The summed E-state index contributed by atoms with van der Waals surface area (Å²) in [5.41, 5.74) is 3.19. The van der Waals surface area contributed by atoms with Crippen molar-refractivity contribution < 1.29 is 4.79 Å². The summed E-state index contributed by atoms with van der Waals surface area (Å²) in [4.78, 5) is 11.2. The summed E-state index contributed by atoms with van der Waals surface area (Å²) in [5.74, 6) is -0.0144. The molecular formula is C11H12BrClO. The number of rotatable bonds is 3. The van der Waals surface area contributed by atoms with E-state index in [9.17, 15) is 4.79 Å². The van der Waals surface area contributed by atoms with Gasteiger partial charge in [0.15, 0.2) is 5.78 Å². The van der Waals surface area contributed by atoms with E-state index in [1.165, 1.54) is 6.92 Å². The molecule has 0 amide bonds. The first-order chi connectivity index (χ1) is 6.57. The molecule has 0 aliphatic rings. The molecule has 0 N–H and O–H groups in total. The van der Waals surface area contributed by atoms with Crippen molar-refractivity contribution in [2.24, 2.45) is 0 Å². The third-order valence-electron chi connectivity index (χ3n) is 2.21. The first-order valence-corrected chi connectivity index (χ1v) is 5.92. The van der Waals surface area contributed by atoms with Crippen LogP contribution in [0.3, 0.4) is 0 Å². The predicted octanol–water partition coefficient (Wildman–Crippen LogP) is 3.76. The van der Waals surface area contributed by atoms with Crippen LogP contribution in [0.1, 0.15) is 29.0 Å². The molecule has 1 nitrogen and oxygen atoms in total. The highest BCUT2D eigenvalue weighted by molar-refractivity contribution is 9.08. The number of carbonyl (C=O) groups excluding carboxylic acids is 1. The maximum Gasteiger partial charge on any atom is 0.152 e. The summed E-state index contributed by atoms with van der Waals surface area (Å²) < 4.78 is 0. The molecule has 1 atom stereocenters. The normalized spacial score (nSPS) is 12.6. The van der Waals surface area contributed by atoms with Crippen LogP contribution in [-0.4, -0.2) is 5.78 Å². The van der Waals surface area contributed by atoms with Gasteiger partial charge in [-0.15, -0.1) is 11.6 Å². The Kier molecular flexibility index (Phi) is 4.14. The first-order valence-electron chi connectivity index (χ1n) is 4.36. The van der Waals surface area contributed by atoms with E-state index in [1.54, 1.807) is 0 Å². The number of aryl methyl sites for hydroxylation is 1. The monoisotopic (exact) mass is 274 g/mol. The summed E-state index contributed by atoms with van der Waals surface area (Å²) >= 11 is 9.43. The standard InChI is InChI=1S/C11H12BrClO/c1-7-4-3-5-9(10(7)6-12)11(13)8(2)14/h3-5,11H,6H2,1-2H3. The van der Waals surface area contributed by atoms with Gasteiger partial charge in [0.25, 0.3) is 0 Å². The Morgan fingerprint density at radius 3 is 2.71 bits per heavy atom. The van der Waals surface area contributed by atoms with E-state index < -0.39 is 5.38 Å². The van der Waals surface area contributed by atoms with Gasteiger partial charge in [-0.3, -0.25) is 4.79 Å². The average Bonchev–Trinajstić information content (AvgIpc) is 2.16. The van der Waals surface area contributed by atoms with Crippen molar-refractivity contribution in [1.82, 2.24) is 0 Å². The summed E-state index contributed by atoms with van der Waals surface area (Å²) in [6.45, 7) is 3.53. The largest absolute Gasteiger partial charge is 0.298 e. The second-order valence-corrected chi connectivity index (χ2v) is 4.25. The van der Waals surface area contributed by atoms with Crippen molar-refractivity contribution in [3.8, 4) is 0 Å². The van der Waals surface area contributed by atoms with Gasteiger partial charge >= 0.3 is 0 Å². The number of ketones is 1. The maximum absolute atomic E-state index is 11.2. The molecule has 0 spiro atoms. The average molecular weight is 276 g/mol. The lowest BCUT2D eigenvalue weighted by Gasteiger charge is -2.13. The molecular weight excluding hydrogens is 263 g/mol. The smallest absolute Gasteiger partial charge is 0.152 e. The molecule has 0 bridgehead atoms. The highest BCUT2D eigenvalue weighted by atomic mass is 79.9. The number of halogens is 2. The summed E-state index contributed by atoms with van der Waals surface area (Å²) in [6, 6.07) is 5.85. The van der Waals surface area contributed by atoms with Crippen molar-refractivity contribution in [2.45, 2.75) is 24.6 Å². The molecule has 1 aromatic carbocycles. The Morgan fingerprint density at radius 2 is 2.21 bits per heavy atom. The SMILES string of the molecule is CC(=O)C(Cl)c1cccc(C)c1CBr. The van der Waals surface area contributed by atoms with Gasteiger partial charge < -0.3 is 0 Å². The zero-order valence-electron chi connectivity index (χ0n) is 8.18. The molecule has 0 fully saturated rings. The number of hydrogen-bond acceptors (Lipinski definition) is 1. The Hall–Kier alpha value is -0.340. The number of carbonyl (C=O) groups is 1. The molecule has 14 heavy (non-hydrogen) atoms. The van der Waals surface area contributed by atoms with E-state index in [1.807, 2.05) is 25.1 Å². The van der Waals surface area contributed by atoms with Crippen LogP contribution in [0.25, 0.3) is 0 Å². The fourth-order valence-corrected chi connectivity index (χ4v) is 2.33. The van der Waals surface area contributed by atoms with E-state index in [2.05, 4.69) is 15.9 Å². The molecule has 0 heterocycles. The Bertz CT molecular complexity index is 349. The van der Waals surface area contributed by atoms with Crippen LogP contribution in [0.4, 0.5) is 0 Å². The van der Waals surface area contributed by atoms with Crippen LogP contribution in [-0.2, 0) is 10.1 Å². The zero-order chi connectivity index (χ0) is 10.7. The minimum absolute atomic E-state index is 0.0144. The van der Waals surface area contributed by atoms with Crippen LogP contribution < -0.4 is 0 Å². The third kappa shape index (κ3) is 2.37. The van der Waals surface area contributed by atoms with Gasteiger partial charge in [0.2, 0.25) is 0 Å². The van der Waals surface area contributed by atoms with E-state index >= 15 is 0 Å². The molecule has 1 rings (SSSR count). The van der Waals surface area contributed by atoms with E-state index in [0.717, 1.165) is 22.0 Å². The number of hydrogen-bond donors (Lipinski definition) is 0. The number of Topliss-reactive ketones (excluding diaryl/α,β-unsaturated/α-hetero) is 1. The number of alkyl halides is 2. The number of benzene rings is 1. The van der Waals surface area contributed by atoms with Gasteiger partial charge in [-0.25, -0.2) is 0 Å². The first kappa shape index (κ1) is 11.7. The van der Waals surface area contributed by atoms with Gasteiger partial charge in [-0.1, -0.05) is 34.1 Å². The zero-order valence-corrected chi connectivity index (χ0v) is 10.5. The van der Waals surface area contributed by atoms with E-state index in [0.29, 0.717) is 0 Å². The van der Waals surface area contributed by atoms with Crippen LogP contribution in [0.5, 0.6) is 0 Å². The Labute approximate surface area is 97.6 Å². The summed E-state index contributed by atoms with van der Waals surface area (Å²) in [5, 5.41) is 0.202. The predicted molar refractivity (Wildman–Crippen MR) is 63.1 cm³/mol. The fraction of sp³-hybridized carbons (Fsp3) is 0.364. The van der Waals surface area contributed by atoms with E-state index in [-0.39, 0.29) is 5.78 Å². The molecule has 0 aliphatic heterocycles. The minimum Gasteiger partial charge on any atom is -0.298 e. The molecule has 1 aromatic rings. The fourth-order valence-electron chi connectivity index (χ4n) is 1.36. The highest BCUT2D eigenvalue weighted by Gasteiger charge is 2.17. The lowest BCUT2D eigenvalue weighted by molar-refractivity contribution is -0.116. The van der Waals surface area contributed by atoms with Gasteiger partial charge in [-0.2, -0.15) is 0 Å². The summed E-state index contributed by atoms with van der Waals surface area (Å²) in [6.07, 6.45) is 0. The molecule has 0 saturated heterocycles. The van der Waals surface area contributed by atoms with Crippen molar-refractivity contribution in [2.75, 3.05) is 0 Å².